The lowest BCUT2D eigenvalue weighted by Gasteiger charge is -2.21. The molecule has 1 aromatic heterocycles. The topological polar surface area (TPSA) is 65.9 Å². The molecule has 9 heteroatoms. The summed E-state index contributed by atoms with van der Waals surface area (Å²) >= 11 is 12.5. The molecule has 35 heavy (non-hydrogen) atoms. The minimum absolute atomic E-state index is 0.347. The first kappa shape index (κ1) is 23.7. The number of hydrogen-bond donors (Lipinski definition) is 1. The van der Waals surface area contributed by atoms with E-state index in [0.29, 0.717) is 28.2 Å². The van der Waals surface area contributed by atoms with Crippen LogP contribution < -0.4 is 20.0 Å². The Balaban J connectivity index is 1.33. The fourth-order valence-electron chi connectivity index (χ4n) is 4.34. The number of rotatable bonds is 8. The van der Waals surface area contributed by atoms with Gasteiger partial charge in [0, 0.05) is 53.4 Å². The van der Waals surface area contributed by atoms with Crippen LogP contribution in [0, 0.1) is 0 Å². The highest BCUT2D eigenvalue weighted by molar-refractivity contribution is 6.31. The zero-order chi connectivity index (χ0) is 24.0. The molecule has 2 aliphatic heterocycles. The first-order valence-corrected chi connectivity index (χ1v) is 12.8. The molecular weight excluding hydrogens is 483 g/mol. The fourth-order valence-corrected chi connectivity index (χ4v) is 4.71. The molecule has 0 saturated carbocycles. The summed E-state index contributed by atoms with van der Waals surface area (Å²) in [6.07, 6.45) is 6.42. The van der Waals surface area contributed by atoms with Crippen LogP contribution in [0.2, 0.25) is 10.0 Å². The molecule has 0 aliphatic carbocycles. The number of halogens is 2. The molecule has 1 N–H and O–H groups in total. The fraction of sp³-hybridized carbons (Fsp3) is 0.346. The van der Waals surface area contributed by atoms with Crippen LogP contribution in [0.4, 0.5) is 17.6 Å². The summed E-state index contributed by atoms with van der Waals surface area (Å²) in [5.41, 5.74) is 4.76. The molecular formula is C26H28Cl2N6O. The van der Waals surface area contributed by atoms with Gasteiger partial charge in [-0.15, -0.1) is 0 Å². The molecule has 0 bridgehead atoms. The van der Waals surface area contributed by atoms with Crippen molar-refractivity contribution in [3.8, 4) is 5.75 Å². The van der Waals surface area contributed by atoms with E-state index in [1.807, 2.05) is 42.5 Å². The Morgan fingerprint density at radius 3 is 2.43 bits per heavy atom. The van der Waals surface area contributed by atoms with E-state index >= 15 is 0 Å². The van der Waals surface area contributed by atoms with Crippen molar-refractivity contribution >= 4 is 47.0 Å². The van der Waals surface area contributed by atoms with Gasteiger partial charge in [0.15, 0.2) is 5.82 Å². The Bertz CT molecular complexity index is 1160. The summed E-state index contributed by atoms with van der Waals surface area (Å²) in [4.78, 5) is 14.1. The maximum Gasteiger partial charge on any atom is 0.229 e. The molecule has 2 aromatic carbocycles. The van der Waals surface area contributed by atoms with E-state index in [-0.39, 0.29) is 0 Å². The SMILES string of the molecule is Clc1ccc(OCc2ccccc2Cl)c(/C=N/Nc2cc(N3CCCC3)nc(N3CCCC3)n2)c1. The third-order valence-electron chi connectivity index (χ3n) is 6.22. The first-order chi connectivity index (χ1) is 17.2. The minimum Gasteiger partial charge on any atom is -0.488 e. The standard InChI is InChI=1S/C26H28Cl2N6O/c27-21-9-10-23(35-18-19-7-1-2-8-22(19)28)20(15-21)17-29-32-24-16-25(33-11-3-4-12-33)31-26(30-24)34-13-5-6-14-34/h1-2,7-10,15-17H,3-6,11-14,18H2,(H,30,31,32)/b29-17+. The summed E-state index contributed by atoms with van der Waals surface area (Å²) in [5.74, 6) is 3.04. The van der Waals surface area contributed by atoms with Gasteiger partial charge in [0.05, 0.1) is 6.21 Å². The van der Waals surface area contributed by atoms with E-state index < -0.39 is 0 Å². The van der Waals surface area contributed by atoms with Crippen molar-refractivity contribution in [3.63, 3.8) is 0 Å². The molecule has 0 spiro atoms. The van der Waals surface area contributed by atoms with Gasteiger partial charge >= 0.3 is 0 Å². The Hall–Kier alpha value is -3.03. The third-order valence-corrected chi connectivity index (χ3v) is 6.82. The summed E-state index contributed by atoms with van der Waals surface area (Å²) in [6, 6.07) is 15.0. The second-order valence-corrected chi connectivity index (χ2v) is 9.58. The molecule has 3 heterocycles. The molecule has 3 aromatic rings. The summed E-state index contributed by atoms with van der Waals surface area (Å²) in [6.45, 7) is 4.36. The highest BCUT2D eigenvalue weighted by Gasteiger charge is 2.20. The zero-order valence-electron chi connectivity index (χ0n) is 19.5. The van der Waals surface area contributed by atoms with Gasteiger partial charge in [0.1, 0.15) is 18.2 Å². The van der Waals surface area contributed by atoms with E-state index in [0.717, 1.165) is 49.1 Å². The molecule has 2 aliphatic rings. The van der Waals surface area contributed by atoms with E-state index in [4.69, 9.17) is 37.9 Å². The van der Waals surface area contributed by atoms with Gasteiger partial charge < -0.3 is 14.5 Å². The highest BCUT2D eigenvalue weighted by atomic mass is 35.5. The number of nitrogens with zero attached hydrogens (tertiary/aromatic N) is 5. The second kappa shape index (κ2) is 11.1. The number of aromatic nitrogens is 2. The lowest BCUT2D eigenvalue weighted by atomic mass is 10.2. The van der Waals surface area contributed by atoms with Gasteiger partial charge in [-0.3, -0.25) is 5.43 Å². The van der Waals surface area contributed by atoms with Gasteiger partial charge in [-0.2, -0.15) is 15.1 Å². The van der Waals surface area contributed by atoms with Crippen LogP contribution in [0.25, 0.3) is 0 Å². The van der Waals surface area contributed by atoms with Crippen molar-refractivity contribution in [3.05, 3.63) is 69.7 Å². The number of hydrogen-bond acceptors (Lipinski definition) is 7. The van der Waals surface area contributed by atoms with Crippen LogP contribution in [0.3, 0.4) is 0 Å². The average Bonchev–Trinajstić information content (AvgIpc) is 3.59. The average molecular weight is 511 g/mol. The van der Waals surface area contributed by atoms with Gasteiger partial charge in [-0.1, -0.05) is 41.4 Å². The van der Waals surface area contributed by atoms with Gasteiger partial charge in [-0.25, -0.2) is 0 Å². The normalized spacial score (nSPS) is 15.8. The van der Waals surface area contributed by atoms with E-state index in [2.05, 4.69) is 20.3 Å². The van der Waals surface area contributed by atoms with Crippen LogP contribution in [0.5, 0.6) is 5.75 Å². The van der Waals surface area contributed by atoms with Gasteiger partial charge in [-0.05, 0) is 49.9 Å². The molecule has 5 rings (SSSR count). The Morgan fingerprint density at radius 1 is 0.914 bits per heavy atom. The largest absolute Gasteiger partial charge is 0.488 e. The van der Waals surface area contributed by atoms with Crippen molar-refractivity contribution < 1.29 is 4.74 Å². The van der Waals surface area contributed by atoms with E-state index in [1.165, 1.54) is 25.7 Å². The maximum absolute atomic E-state index is 6.27. The third kappa shape index (κ3) is 5.97. The quantitative estimate of drug-likeness (QED) is 0.295. The predicted octanol–water partition coefficient (Wildman–Crippen LogP) is 6.01. The lowest BCUT2D eigenvalue weighted by molar-refractivity contribution is 0.306. The maximum atomic E-state index is 6.27. The molecule has 0 amide bonds. The van der Waals surface area contributed by atoms with Crippen molar-refractivity contribution in [1.82, 2.24) is 9.97 Å². The molecule has 0 unspecified atom stereocenters. The van der Waals surface area contributed by atoms with Gasteiger partial charge in [0.25, 0.3) is 0 Å². The lowest BCUT2D eigenvalue weighted by Crippen LogP contribution is -2.24. The number of anilines is 3. The van der Waals surface area contributed by atoms with Crippen molar-refractivity contribution in [2.24, 2.45) is 5.10 Å². The monoisotopic (exact) mass is 510 g/mol. The van der Waals surface area contributed by atoms with Crippen LogP contribution >= 0.6 is 23.2 Å². The van der Waals surface area contributed by atoms with Crippen molar-refractivity contribution in [2.75, 3.05) is 41.4 Å². The minimum atomic E-state index is 0.347. The van der Waals surface area contributed by atoms with E-state index in [1.54, 1.807) is 12.3 Å². The predicted molar refractivity (Wildman–Crippen MR) is 143 cm³/mol. The number of benzene rings is 2. The molecule has 7 nitrogen and oxygen atoms in total. The molecule has 2 fully saturated rings. The molecule has 182 valence electrons. The first-order valence-electron chi connectivity index (χ1n) is 12.0. The Kier molecular flexibility index (Phi) is 7.54. The number of hydrazone groups is 1. The Morgan fingerprint density at radius 2 is 1.66 bits per heavy atom. The summed E-state index contributed by atoms with van der Waals surface area (Å²) in [7, 11) is 0. The summed E-state index contributed by atoms with van der Waals surface area (Å²) < 4.78 is 6.03. The second-order valence-electron chi connectivity index (χ2n) is 8.73. The van der Waals surface area contributed by atoms with Crippen molar-refractivity contribution in [1.29, 1.82) is 0 Å². The van der Waals surface area contributed by atoms with Crippen LogP contribution in [-0.2, 0) is 6.61 Å². The van der Waals surface area contributed by atoms with Crippen LogP contribution in [0.1, 0.15) is 36.8 Å². The molecule has 0 atom stereocenters. The van der Waals surface area contributed by atoms with Crippen molar-refractivity contribution in [2.45, 2.75) is 32.3 Å². The molecule has 2 saturated heterocycles. The summed E-state index contributed by atoms with van der Waals surface area (Å²) in [5, 5.41) is 5.73. The van der Waals surface area contributed by atoms with E-state index in [9.17, 15) is 0 Å². The zero-order valence-corrected chi connectivity index (χ0v) is 21.0. The van der Waals surface area contributed by atoms with Crippen LogP contribution in [0.15, 0.2) is 53.6 Å². The molecule has 0 radical (unpaired) electrons. The smallest absolute Gasteiger partial charge is 0.229 e. The number of nitrogens with one attached hydrogen (secondary N) is 1. The number of ether oxygens (including phenoxy) is 1. The van der Waals surface area contributed by atoms with Gasteiger partial charge in [0.2, 0.25) is 5.95 Å². The Labute approximate surface area is 215 Å². The van der Waals surface area contributed by atoms with Crippen LogP contribution in [-0.4, -0.2) is 42.4 Å². The highest BCUT2D eigenvalue weighted by Crippen LogP contribution is 2.27.